The van der Waals surface area contributed by atoms with Gasteiger partial charge in [-0.05, 0) is 90.8 Å². The van der Waals surface area contributed by atoms with Gasteiger partial charge in [0.2, 0.25) is 0 Å². The summed E-state index contributed by atoms with van der Waals surface area (Å²) in [5, 5.41) is 19.7. The summed E-state index contributed by atoms with van der Waals surface area (Å²) < 4.78 is 10.3. The van der Waals surface area contributed by atoms with E-state index in [1.165, 1.54) is 50.2 Å². The highest BCUT2D eigenvalue weighted by Gasteiger charge is 2.27. The summed E-state index contributed by atoms with van der Waals surface area (Å²) >= 11 is 0. The van der Waals surface area contributed by atoms with E-state index in [1.807, 2.05) is 6.08 Å². The van der Waals surface area contributed by atoms with Crippen LogP contribution in [0.15, 0.2) is 71.3 Å². The Kier molecular flexibility index (Phi) is 8.77. The minimum Gasteiger partial charge on any atom is -0.504 e. The van der Waals surface area contributed by atoms with Crippen LogP contribution in [0.2, 0.25) is 0 Å². The van der Waals surface area contributed by atoms with Crippen molar-refractivity contribution in [3.8, 4) is 23.0 Å². The minimum absolute atomic E-state index is 0.0108. The number of carbonyl (C=O) groups excluding carboxylic acids is 2. The van der Waals surface area contributed by atoms with E-state index >= 15 is 0 Å². The molecule has 0 heterocycles. The average Bonchev–Trinajstić information content (AvgIpc) is 2.86. The van der Waals surface area contributed by atoms with Crippen LogP contribution < -0.4 is 9.47 Å². The van der Waals surface area contributed by atoms with Gasteiger partial charge in [0.25, 0.3) is 0 Å². The molecule has 6 heteroatoms. The van der Waals surface area contributed by atoms with Crippen molar-refractivity contribution in [2.24, 2.45) is 5.41 Å². The van der Waals surface area contributed by atoms with Gasteiger partial charge >= 0.3 is 0 Å². The van der Waals surface area contributed by atoms with Crippen molar-refractivity contribution in [3.63, 3.8) is 0 Å². The second-order valence-corrected chi connectivity index (χ2v) is 9.75. The predicted molar refractivity (Wildman–Crippen MR) is 146 cm³/mol. The zero-order valence-electron chi connectivity index (χ0n) is 22.0. The van der Waals surface area contributed by atoms with Gasteiger partial charge in [-0.3, -0.25) is 9.59 Å². The van der Waals surface area contributed by atoms with Gasteiger partial charge in [-0.25, -0.2) is 0 Å². The lowest BCUT2D eigenvalue weighted by Gasteiger charge is -2.32. The van der Waals surface area contributed by atoms with E-state index in [4.69, 9.17) is 9.47 Å². The third kappa shape index (κ3) is 6.79. The highest BCUT2D eigenvalue weighted by atomic mass is 16.5. The van der Waals surface area contributed by atoms with Crippen molar-refractivity contribution >= 4 is 23.7 Å². The summed E-state index contributed by atoms with van der Waals surface area (Å²) in [5.74, 6) is -0.446. The number of hydrogen-bond donors (Lipinski definition) is 2. The van der Waals surface area contributed by atoms with Gasteiger partial charge in [0.1, 0.15) is 0 Å². The Balaban J connectivity index is 1.99. The summed E-state index contributed by atoms with van der Waals surface area (Å²) in [5.41, 5.74) is 3.46. The lowest BCUT2D eigenvalue weighted by Crippen LogP contribution is -2.19. The second-order valence-electron chi connectivity index (χ2n) is 9.75. The summed E-state index contributed by atoms with van der Waals surface area (Å²) in [6, 6.07) is 9.31. The largest absolute Gasteiger partial charge is 0.504 e. The Morgan fingerprint density at radius 1 is 0.865 bits per heavy atom. The van der Waals surface area contributed by atoms with Crippen LogP contribution in [0.25, 0.3) is 12.2 Å². The van der Waals surface area contributed by atoms with Gasteiger partial charge in [0.05, 0.1) is 19.8 Å². The number of methoxy groups -OCH3 is 2. The molecule has 0 atom stereocenters. The van der Waals surface area contributed by atoms with Gasteiger partial charge in [-0.2, -0.15) is 0 Å². The topological polar surface area (TPSA) is 93.1 Å². The van der Waals surface area contributed by atoms with Crippen molar-refractivity contribution in [1.82, 2.24) is 0 Å². The van der Waals surface area contributed by atoms with Crippen LogP contribution in [0, 0.1) is 5.41 Å². The first-order valence-electron chi connectivity index (χ1n) is 12.2. The van der Waals surface area contributed by atoms with E-state index in [0.29, 0.717) is 11.1 Å². The SMILES string of the molecule is COc1cc(/C=C/C(=O)/C(=C\c2ccc(O)c(OC)c2)C(=O)/C=C/C2=C(C)CCCC2(C)C)ccc1O. The van der Waals surface area contributed by atoms with Crippen LogP contribution >= 0.6 is 0 Å². The maximum Gasteiger partial charge on any atom is 0.189 e. The van der Waals surface area contributed by atoms with Crippen molar-refractivity contribution in [2.75, 3.05) is 14.2 Å². The van der Waals surface area contributed by atoms with Crippen LogP contribution in [-0.4, -0.2) is 36.0 Å². The molecule has 0 amide bonds. The van der Waals surface area contributed by atoms with Crippen molar-refractivity contribution in [2.45, 2.75) is 40.0 Å². The van der Waals surface area contributed by atoms with E-state index in [0.717, 1.165) is 24.8 Å². The van der Waals surface area contributed by atoms with Gasteiger partial charge in [0.15, 0.2) is 34.6 Å². The number of allylic oxidation sites excluding steroid dienone is 6. The first-order chi connectivity index (χ1) is 17.6. The fraction of sp³-hybridized carbons (Fsp3) is 0.290. The molecule has 0 unspecified atom stereocenters. The van der Waals surface area contributed by atoms with Crippen LogP contribution in [0.1, 0.15) is 51.2 Å². The molecule has 194 valence electrons. The maximum atomic E-state index is 13.4. The normalized spacial score (nSPS) is 15.9. The number of phenols is 2. The minimum atomic E-state index is -0.484. The molecule has 1 aliphatic rings. The Bertz CT molecular complexity index is 1310. The predicted octanol–water partition coefficient (Wildman–Crippen LogP) is 6.43. The molecule has 0 saturated carbocycles. The average molecular weight is 503 g/mol. The third-order valence-corrected chi connectivity index (χ3v) is 6.62. The zero-order valence-corrected chi connectivity index (χ0v) is 22.0. The lowest BCUT2D eigenvalue weighted by atomic mass is 9.72. The fourth-order valence-electron chi connectivity index (χ4n) is 4.53. The van der Waals surface area contributed by atoms with Gasteiger partial charge in [0, 0.05) is 0 Å². The Hall–Kier alpha value is -4.06. The number of phenolic OH excluding ortho intramolecular Hbond substituents is 2. The number of rotatable bonds is 9. The standard InChI is InChI=1S/C31H34O6/c1-20-7-6-16-31(2,3)24(20)11-15-26(33)23(17-22-10-14-28(35)30(19-22)37-5)25(32)12-8-21-9-13-27(34)29(18-21)36-4/h8-15,17-19,34-35H,6-7,16H2,1-5H3/b12-8+,15-11+,23-17+. The maximum absolute atomic E-state index is 13.4. The van der Waals surface area contributed by atoms with E-state index < -0.39 is 11.6 Å². The van der Waals surface area contributed by atoms with Gasteiger partial charge in [-0.15, -0.1) is 0 Å². The molecule has 0 fully saturated rings. The Labute approximate surface area is 218 Å². The fourth-order valence-corrected chi connectivity index (χ4v) is 4.53. The molecule has 2 aromatic carbocycles. The molecule has 2 N–H and O–H groups in total. The summed E-state index contributed by atoms with van der Waals surface area (Å²) in [4.78, 5) is 26.6. The highest BCUT2D eigenvalue weighted by Crippen LogP contribution is 2.40. The lowest BCUT2D eigenvalue weighted by molar-refractivity contribution is -0.116. The number of ether oxygens (including phenoxy) is 2. The van der Waals surface area contributed by atoms with Crippen LogP contribution in [0.4, 0.5) is 0 Å². The Morgan fingerprint density at radius 3 is 1.97 bits per heavy atom. The van der Waals surface area contributed by atoms with Crippen LogP contribution in [0.3, 0.4) is 0 Å². The molecule has 0 saturated heterocycles. The molecule has 1 aliphatic carbocycles. The van der Waals surface area contributed by atoms with Crippen molar-refractivity contribution in [3.05, 3.63) is 82.5 Å². The summed E-state index contributed by atoms with van der Waals surface area (Å²) in [6.45, 7) is 6.42. The molecule has 0 radical (unpaired) electrons. The van der Waals surface area contributed by atoms with Gasteiger partial charge in [-0.1, -0.05) is 43.7 Å². The monoisotopic (exact) mass is 502 g/mol. The molecule has 3 rings (SSSR count). The van der Waals surface area contributed by atoms with Crippen LogP contribution in [0.5, 0.6) is 23.0 Å². The number of ketones is 2. The van der Waals surface area contributed by atoms with Crippen molar-refractivity contribution < 1.29 is 29.3 Å². The number of aromatic hydroxyl groups is 2. The quantitative estimate of drug-likeness (QED) is 0.233. The third-order valence-electron chi connectivity index (χ3n) is 6.62. The number of hydrogen-bond acceptors (Lipinski definition) is 6. The molecule has 0 bridgehead atoms. The highest BCUT2D eigenvalue weighted by molar-refractivity contribution is 6.30. The van der Waals surface area contributed by atoms with Crippen molar-refractivity contribution in [1.29, 1.82) is 0 Å². The molecule has 37 heavy (non-hydrogen) atoms. The first kappa shape index (κ1) is 27.5. The zero-order chi connectivity index (χ0) is 27.2. The molecule has 0 aromatic heterocycles. The first-order valence-corrected chi connectivity index (χ1v) is 12.2. The molecular weight excluding hydrogens is 468 g/mol. The van der Waals surface area contributed by atoms with E-state index in [1.54, 1.807) is 30.3 Å². The molecule has 2 aromatic rings. The smallest absolute Gasteiger partial charge is 0.189 e. The number of carbonyl (C=O) groups is 2. The van der Waals surface area contributed by atoms with E-state index in [-0.39, 0.29) is 34.0 Å². The second kappa shape index (κ2) is 11.8. The Morgan fingerprint density at radius 2 is 1.41 bits per heavy atom. The summed E-state index contributed by atoms with van der Waals surface area (Å²) in [7, 11) is 2.87. The van der Waals surface area contributed by atoms with E-state index in [9.17, 15) is 19.8 Å². The van der Waals surface area contributed by atoms with Crippen LogP contribution in [-0.2, 0) is 9.59 Å². The molecule has 0 aliphatic heterocycles. The number of benzene rings is 2. The van der Waals surface area contributed by atoms with E-state index in [2.05, 4.69) is 20.8 Å². The van der Waals surface area contributed by atoms with Gasteiger partial charge < -0.3 is 19.7 Å². The summed E-state index contributed by atoms with van der Waals surface area (Å²) in [6.07, 6.45) is 10.8. The molecule has 0 spiro atoms. The molecular formula is C31H34O6. The molecule has 6 nitrogen and oxygen atoms in total.